The van der Waals surface area contributed by atoms with E-state index in [1.54, 1.807) is 6.92 Å². The molecular formula is C15H21F3N4O2. The number of amides is 2. The minimum atomic E-state index is -4.59. The van der Waals surface area contributed by atoms with Crippen LogP contribution >= 0.6 is 0 Å². The number of carbonyl (C=O) groups excluding carboxylic acids is 1. The Morgan fingerprint density at radius 2 is 2.17 bits per heavy atom. The molecule has 0 bridgehead atoms. The number of halogens is 3. The van der Waals surface area contributed by atoms with Gasteiger partial charge in [-0.1, -0.05) is 12.8 Å². The van der Waals surface area contributed by atoms with Gasteiger partial charge in [-0.2, -0.15) is 18.3 Å². The fraction of sp³-hybridized carbons (Fsp3) is 0.733. The highest BCUT2D eigenvalue weighted by atomic mass is 19.4. The highest BCUT2D eigenvalue weighted by Crippen LogP contribution is 2.41. The van der Waals surface area contributed by atoms with Crippen molar-refractivity contribution in [2.75, 3.05) is 11.9 Å². The number of urea groups is 1. The van der Waals surface area contributed by atoms with Gasteiger partial charge < -0.3 is 15.4 Å². The molecule has 2 N–H and O–H groups in total. The molecule has 1 aromatic heterocycles. The molecule has 1 spiro atoms. The Balaban J connectivity index is 1.71. The van der Waals surface area contributed by atoms with Gasteiger partial charge in [-0.25, -0.2) is 4.79 Å². The monoisotopic (exact) mass is 346 g/mol. The molecule has 134 valence electrons. The number of nitrogens with zero attached hydrogens (tertiary/aromatic N) is 2. The van der Waals surface area contributed by atoms with E-state index < -0.39 is 17.9 Å². The van der Waals surface area contributed by atoms with Crippen LogP contribution in [0.5, 0.6) is 0 Å². The molecule has 2 amide bonds. The van der Waals surface area contributed by atoms with Crippen molar-refractivity contribution in [2.24, 2.45) is 0 Å². The van der Waals surface area contributed by atoms with E-state index in [0.717, 1.165) is 36.6 Å². The second-order valence-corrected chi connectivity index (χ2v) is 6.28. The summed E-state index contributed by atoms with van der Waals surface area (Å²) in [6.45, 7) is 2.19. The fourth-order valence-electron chi connectivity index (χ4n) is 3.75. The number of hydrogen-bond donors (Lipinski definition) is 2. The normalized spacial score (nSPS) is 22.9. The average Bonchev–Trinajstić information content (AvgIpc) is 3.21. The minimum absolute atomic E-state index is 0.0672. The van der Waals surface area contributed by atoms with Crippen LogP contribution in [-0.2, 0) is 17.5 Å². The van der Waals surface area contributed by atoms with Crippen LogP contribution < -0.4 is 10.6 Å². The van der Waals surface area contributed by atoms with E-state index in [0.29, 0.717) is 13.0 Å². The number of ether oxygens (including phenoxy) is 1. The first-order chi connectivity index (χ1) is 11.4. The van der Waals surface area contributed by atoms with Gasteiger partial charge >= 0.3 is 12.2 Å². The number of aromatic nitrogens is 2. The van der Waals surface area contributed by atoms with Crippen molar-refractivity contribution in [1.82, 2.24) is 15.1 Å². The zero-order chi connectivity index (χ0) is 17.4. The van der Waals surface area contributed by atoms with Crippen LogP contribution in [-0.4, -0.2) is 34.1 Å². The van der Waals surface area contributed by atoms with Gasteiger partial charge in [-0.15, -0.1) is 0 Å². The molecule has 2 fully saturated rings. The molecule has 0 aromatic carbocycles. The number of hydrogen-bond acceptors (Lipinski definition) is 3. The quantitative estimate of drug-likeness (QED) is 0.883. The van der Waals surface area contributed by atoms with Gasteiger partial charge in [0.05, 0.1) is 23.5 Å². The molecule has 1 unspecified atom stereocenters. The first-order valence-electron chi connectivity index (χ1n) is 8.20. The van der Waals surface area contributed by atoms with Crippen LogP contribution in [0.3, 0.4) is 0 Å². The van der Waals surface area contributed by atoms with E-state index in [9.17, 15) is 18.0 Å². The average molecular weight is 346 g/mol. The molecule has 0 radical (unpaired) electrons. The summed E-state index contributed by atoms with van der Waals surface area (Å²) >= 11 is 0. The van der Waals surface area contributed by atoms with Crippen molar-refractivity contribution in [3.8, 4) is 0 Å². The number of carbonyl (C=O) groups is 1. The predicted molar refractivity (Wildman–Crippen MR) is 80.6 cm³/mol. The Morgan fingerprint density at radius 3 is 2.79 bits per heavy atom. The van der Waals surface area contributed by atoms with Crippen molar-refractivity contribution in [2.45, 2.75) is 63.4 Å². The third kappa shape index (κ3) is 3.09. The van der Waals surface area contributed by atoms with Crippen molar-refractivity contribution in [1.29, 1.82) is 0 Å². The van der Waals surface area contributed by atoms with Crippen LogP contribution in [0.1, 0.15) is 44.7 Å². The Labute approximate surface area is 137 Å². The molecular weight excluding hydrogens is 325 g/mol. The van der Waals surface area contributed by atoms with Crippen LogP contribution in [0.25, 0.3) is 0 Å². The van der Waals surface area contributed by atoms with Crippen molar-refractivity contribution in [3.63, 3.8) is 0 Å². The van der Waals surface area contributed by atoms with E-state index >= 15 is 0 Å². The second kappa shape index (κ2) is 6.27. The summed E-state index contributed by atoms with van der Waals surface area (Å²) < 4.78 is 46.2. The highest BCUT2D eigenvalue weighted by molar-refractivity contribution is 5.90. The van der Waals surface area contributed by atoms with Crippen molar-refractivity contribution >= 4 is 11.7 Å². The third-order valence-corrected chi connectivity index (χ3v) is 4.84. The van der Waals surface area contributed by atoms with E-state index in [1.165, 1.54) is 0 Å². The van der Waals surface area contributed by atoms with Crippen LogP contribution in [0, 0.1) is 0 Å². The van der Waals surface area contributed by atoms with E-state index in [4.69, 9.17) is 4.74 Å². The maximum absolute atomic E-state index is 13.2. The Morgan fingerprint density at radius 1 is 1.46 bits per heavy atom. The van der Waals surface area contributed by atoms with Crippen LogP contribution in [0.15, 0.2) is 6.20 Å². The molecule has 1 saturated carbocycles. The first kappa shape index (κ1) is 17.1. The van der Waals surface area contributed by atoms with E-state index in [2.05, 4.69) is 15.7 Å². The number of nitrogens with one attached hydrogen (secondary N) is 2. The summed E-state index contributed by atoms with van der Waals surface area (Å²) in [5, 5.41) is 8.77. The molecule has 1 aliphatic carbocycles. The zero-order valence-electron chi connectivity index (χ0n) is 13.4. The van der Waals surface area contributed by atoms with Gasteiger partial charge in [0.25, 0.3) is 0 Å². The molecule has 2 heterocycles. The lowest BCUT2D eigenvalue weighted by Crippen LogP contribution is -2.49. The molecule has 1 saturated heterocycles. The van der Waals surface area contributed by atoms with Gasteiger partial charge in [0.15, 0.2) is 5.69 Å². The first-order valence-corrected chi connectivity index (χ1v) is 8.20. The van der Waals surface area contributed by atoms with Crippen LogP contribution in [0.4, 0.5) is 23.7 Å². The van der Waals surface area contributed by atoms with Gasteiger partial charge in [0, 0.05) is 13.2 Å². The minimum Gasteiger partial charge on any atom is -0.373 e. The predicted octanol–water partition coefficient (Wildman–Crippen LogP) is 3.15. The molecule has 1 atom stereocenters. The van der Waals surface area contributed by atoms with Crippen molar-refractivity contribution < 1.29 is 22.7 Å². The lowest BCUT2D eigenvalue weighted by molar-refractivity contribution is -0.143. The Hall–Kier alpha value is -1.77. The molecule has 2 aliphatic rings. The molecule has 6 nitrogen and oxygen atoms in total. The molecule has 3 rings (SSSR count). The summed E-state index contributed by atoms with van der Waals surface area (Å²) in [6.07, 6.45) is 0.954. The molecule has 24 heavy (non-hydrogen) atoms. The van der Waals surface area contributed by atoms with Gasteiger partial charge in [0.2, 0.25) is 0 Å². The molecule has 9 heteroatoms. The van der Waals surface area contributed by atoms with Gasteiger partial charge in [0.1, 0.15) is 0 Å². The fourth-order valence-corrected chi connectivity index (χ4v) is 3.75. The largest absolute Gasteiger partial charge is 0.435 e. The molecule has 1 aromatic rings. The maximum atomic E-state index is 13.2. The molecule has 1 aliphatic heterocycles. The lowest BCUT2D eigenvalue weighted by Gasteiger charge is -2.30. The van der Waals surface area contributed by atoms with E-state index in [1.807, 2.05) is 0 Å². The van der Waals surface area contributed by atoms with Crippen LogP contribution in [0.2, 0.25) is 0 Å². The zero-order valence-corrected chi connectivity index (χ0v) is 13.4. The number of anilines is 1. The topological polar surface area (TPSA) is 68.2 Å². The Bertz CT molecular complexity index is 603. The summed E-state index contributed by atoms with van der Waals surface area (Å²) in [7, 11) is 0. The number of aryl methyl sites for hydroxylation is 1. The van der Waals surface area contributed by atoms with Gasteiger partial charge in [-0.05, 0) is 26.2 Å². The summed E-state index contributed by atoms with van der Waals surface area (Å²) in [6, 6.07) is -0.825. The smallest absolute Gasteiger partial charge is 0.373 e. The summed E-state index contributed by atoms with van der Waals surface area (Å²) in [5.41, 5.74) is -1.63. The lowest BCUT2D eigenvalue weighted by atomic mass is 9.93. The SMILES string of the molecule is CCn1ncc(NC(=O)NC2CCOC23CCCC3)c1C(F)(F)F. The summed E-state index contributed by atoms with van der Waals surface area (Å²) in [5.74, 6) is 0. The van der Waals surface area contributed by atoms with E-state index in [-0.39, 0.29) is 23.9 Å². The second-order valence-electron chi connectivity index (χ2n) is 6.28. The maximum Gasteiger partial charge on any atom is 0.435 e. The highest BCUT2D eigenvalue weighted by Gasteiger charge is 2.47. The van der Waals surface area contributed by atoms with Gasteiger partial charge in [-0.3, -0.25) is 4.68 Å². The number of rotatable bonds is 3. The Kier molecular flexibility index (Phi) is 4.46. The standard InChI is InChI=1S/C15H21F3N4O2/c1-2-22-12(15(16,17)18)10(9-19-22)20-13(23)21-11-5-8-24-14(11)6-3-4-7-14/h9,11H,2-8H2,1H3,(H2,20,21,23). The number of alkyl halides is 3. The third-order valence-electron chi connectivity index (χ3n) is 4.84. The summed E-state index contributed by atoms with van der Waals surface area (Å²) in [4.78, 5) is 12.2. The van der Waals surface area contributed by atoms with Crippen molar-refractivity contribution in [3.05, 3.63) is 11.9 Å².